The average Bonchev–Trinajstić information content (AvgIpc) is 3.26. The predicted octanol–water partition coefficient (Wildman–Crippen LogP) is 4.52. The monoisotopic (exact) mass is 480 g/mol. The van der Waals surface area contributed by atoms with Crippen LogP contribution in [0.5, 0.6) is 0 Å². The normalized spacial score (nSPS) is 12.5. The van der Waals surface area contributed by atoms with E-state index in [4.69, 9.17) is 4.52 Å². The summed E-state index contributed by atoms with van der Waals surface area (Å²) in [5, 5.41) is 8.87. The Morgan fingerprint density at radius 2 is 1.76 bits per heavy atom. The van der Waals surface area contributed by atoms with Crippen LogP contribution in [0, 0.1) is 6.92 Å². The van der Waals surface area contributed by atoms with Gasteiger partial charge >= 0.3 is 0 Å². The van der Waals surface area contributed by atoms with Crippen LogP contribution in [-0.2, 0) is 9.59 Å². The van der Waals surface area contributed by atoms with Crippen molar-refractivity contribution in [1.29, 1.82) is 0 Å². The summed E-state index contributed by atoms with van der Waals surface area (Å²) in [7, 11) is 1.73. The summed E-state index contributed by atoms with van der Waals surface area (Å²) in [4.78, 5) is 39.2. The molecule has 3 aromatic rings. The van der Waals surface area contributed by atoms with Crippen LogP contribution in [0.2, 0.25) is 0 Å². The number of amides is 3. The number of rotatable bonds is 9. The molecule has 1 heterocycles. The Balaban J connectivity index is 1.54. The van der Waals surface area contributed by atoms with Gasteiger partial charge in [-0.2, -0.15) is 0 Å². The van der Waals surface area contributed by atoms with Crippen molar-refractivity contribution in [2.75, 3.05) is 23.4 Å². The molecule has 9 heteroatoms. The third-order valence-corrected chi connectivity index (χ3v) is 6.47. The summed E-state index contributed by atoms with van der Waals surface area (Å²) in [5.41, 5.74) is 2.11. The van der Waals surface area contributed by atoms with Crippen molar-refractivity contribution in [1.82, 2.24) is 10.1 Å². The Morgan fingerprint density at radius 1 is 1.03 bits per heavy atom. The number of hydrogen-bond acceptors (Lipinski definition) is 6. The van der Waals surface area contributed by atoms with E-state index >= 15 is 0 Å². The molecule has 0 fully saturated rings. The van der Waals surface area contributed by atoms with Gasteiger partial charge in [0.05, 0.1) is 17.0 Å². The zero-order valence-electron chi connectivity index (χ0n) is 19.6. The van der Waals surface area contributed by atoms with Crippen LogP contribution < -0.4 is 10.6 Å². The van der Waals surface area contributed by atoms with Crippen molar-refractivity contribution in [3.63, 3.8) is 0 Å². The quantitative estimate of drug-likeness (QED) is 0.467. The van der Waals surface area contributed by atoms with Gasteiger partial charge in [0, 0.05) is 24.4 Å². The topological polar surface area (TPSA) is 105 Å². The molecule has 3 amide bonds. The number of carbonyl (C=O) groups excluding carboxylic acids is 3. The summed E-state index contributed by atoms with van der Waals surface area (Å²) in [6.45, 7) is 5.40. The molecule has 0 bridgehead atoms. The summed E-state index contributed by atoms with van der Waals surface area (Å²) >= 11 is 1.25. The van der Waals surface area contributed by atoms with Gasteiger partial charge in [-0.15, -0.1) is 11.8 Å². The minimum atomic E-state index is -0.443. The Bertz CT molecular complexity index is 1150. The molecule has 3 rings (SSSR count). The molecule has 8 nitrogen and oxygen atoms in total. The Morgan fingerprint density at radius 3 is 2.44 bits per heavy atom. The van der Waals surface area contributed by atoms with Gasteiger partial charge in [-0.3, -0.25) is 14.4 Å². The van der Waals surface area contributed by atoms with Crippen LogP contribution in [-0.4, -0.2) is 45.8 Å². The number of aryl methyl sites for hydroxylation is 1. The molecule has 0 aliphatic carbocycles. The maximum absolute atomic E-state index is 12.8. The van der Waals surface area contributed by atoms with Gasteiger partial charge < -0.3 is 20.1 Å². The molecule has 178 valence electrons. The highest BCUT2D eigenvalue weighted by Gasteiger charge is 2.21. The molecular formula is C25H28N4O4S. The molecular weight excluding hydrogens is 452 g/mol. The van der Waals surface area contributed by atoms with Crippen molar-refractivity contribution in [2.24, 2.45) is 0 Å². The molecule has 0 saturated carbocycles. The summed E-state index contributed by atoms with van der Waals surface area (Å²) in [6, 6.07) is 17.8. The largest absolute Gasteiger partial charge is 0.360 e. The fourth-order valence-corrected chi connectivity index (χ4v) is 3.94. The van der Waals surface area contributed by atoms with E-state index in [1.165, 1.54) is 11.8 Å². The lowest BCUT2D eigenvalue weighted by atomic mass is 10.1. The number of aromatic nitrogens is 1. The SMILES string of the molecule is Cc1cc(NC(=O)C(C)SCC(=O)N(C)C(C)c2cccc(NC(=O)c3ccccc3)c2)no1. The van der Waals surface area contributed by atoms with Crippen LogP contribution in [0.25, 0.3) is 0 Å². The number of hydrogen-bond donors (Lipinski definition) is 2. The van der Waals surface area contributed by atoms with E-state index in [9.17, 15) is 14.4 Å². The fourth-order valence-electron chi connectivity index (χ4n) is 3.14. The van der Waals surface area contributed by atoms with Crippen LogP contribution in [0.4, 0.5) is 11.5 Å². The molecule has 0 aliphatic rings. The van der Waals surface area contributed by atoms with Gasteiger partial charge in [0.15, 0.2) is 5.82 Å². The van der Waals surface area contributed by atoms with Crippen molar-refractivity contribution in [2.45, 2.75) is 32.1 Å². The first-order valence-electron chi connectivity index (χ1n) is 10.8. The molecule has 0 aliphatic heterocycles. The standard InChI is InChI=1S/C25H28N4O4S/c1-16-13-22(28-33-16)27-24(31)18(3)34-15-23(30)29(4)17(2)20-11-8-12-21(14-20)26-25(32)19-9-6-5-7-10-19/h5-14,17-18H,15H2,1-4H3,(H,26,32)(H,27,28,31). The fraction of sp³-hybridized carbons (Fsp3) is 0.280. The van der Waals surface area contributed by atoms with E-state index in [1.54, 1.807) is 44.0 Å². The molecule has 2 atom stereocenters. The third kappa shape index (κ3) is 6.71. The highest BCUT2D eigenvalue weighted by atomic mass is 32.2. The Hall–Kier alpha value is -3.59. The highest BCUT2D eigenvalue weighted by molar-refractivity contribution is 8.01. The second-order valence-corrected chi connectivity index (χ2v) is 9.22. The van der Waals surface area contributed by atoms with Crippen molar-refractivity contribution in [3.8, 4) is 0 Å². The van der Waals surface area contributed by atoms with E-state index in [0.29, 0.717) is 22.8 Å². The zero-order chi connectivity index (χ0) is 24.7. The van der Waals surface area contributed by atoms with Crippen LogP contribution in [0.15, 0.2) is 65.2 Å². The molecule has 1 aromatic heterocycles. The van der Waals surface area contributed by atoms with Gasteiger partial charge in [-0.05, 0) is 50.6 Å². The number of anilines is 2. The molecule has 2 N–H and O–H groups in total. The lowest BCUT2D eigenvalue weighted by molar-refractivity contribution is -0.128. The Kier molecular flexibility index (Phi) is 8.48. The molecule has 0 spiro atoms. The van der Waals surface area contributed by atoms with E-state index in [1.807, 2.05) is 49.4 Å². The molecule has 34 heavy (non-hydrogen) atoms. The minimum Gasteiger partial charge on any atom is -0.360 e. The summed E-state index contributed by atoms with van der Waals surface area (Å²) in [6.07, 6.45) is 0. The van der Waals surface area contributed by atoms with E-state index in [0.717, 1.165) is 5.56 Å². The predicted molar refractivity (Wildman–Crippen MR) is 134 cm³/mol. The first kappa shape index (κ1) is 25.0. The second-order valence-electron chi connectivity index (χ2n) is 7.89. The van der Waals surface area contributed by atoms with Crippen LogP contribution >= 0.6 is 11.8 Å². The van der Waals surface area contributed by atoms with Crippen LogP contribution in [0.3, 0.4) is 0 Å². The Labute approximate surface area is 203 Å². The molecule has 2 aromatic carbocycles. The van der Waals surface area contributed by atoms with Gasteiger partial charge in [0.25, 0.3) is 5.91 Å². The van der Waals surface area contributed by atoms with Crippen molar-refractivity contribution in [3.05, 3.63) is 77.6 Å². The maximum atomic E-state index is 12.8. The van der Waals surface area contributed by atoms with E-state index < -0.39 is 5.25 Å². The zero-order valence-corrected chi connectivity index (χ0v) is 20.4. The van der Waals surface area contributed by atoms with Gasteiger partial charge in [-0.25, -0.2) is 0 Å². The number of nitrogens with one attached hydrogen (secondary N) is 2. The minimum absolute atomic E-state index is 0.104. The lowest BCUT2D eigenvalue weighted by Gasteiger charge is -2.26. The molecule has 2 unspecified atom stereocenters. The van der Waals surface area contributed by atoms with Gasteiger partial charge in [0.2, 0.25) is 11.8 Å². The lowest BCUT2D eigenvalue weighted by Crippen LogP contribution is -2.32. The third-order valence-electron chi connectivity index (χ3n) is 5.34. The van der Waals surface area contributed by atoms with E-state index in [2.05, 4.69) is 15.8 Å². The molecule has 0 radical (unpaired) electrons. The highest BCUT2D eigenvalue weighted by Crippen LogP contribution is 2.24. The number of thioether (sulfide) groups is 1. The van der Waals surface area contributed by atoms with Crippen molar-refractivity contribution < 1.29 is 18.9 Å². The average molecular weight is 481 g/mol. The number of nitrogens with zero attached hydrogens (tertiary/aromatic N) is 2. The summed E-state index contributed by atoms with van der Waals surface area (Å²) in [5.74, 6) is 0.560. The number of benzene rings is 2. The first-order chi connectivity index (χ1) is 16.2. The van der Waals surface area contributed by atoms with Crippen molar-refractivity contribution >= 4 is 41.0 Å². The smallest absolute Gasteiger partial charge is 0.255 e. The summed E-state index contributed by atoms with van der Waals surface area (Å²) < 4.78 is 4.94. The van der Waals surface area contributed by atoms with Gasteiger partial charge in [0.1, 0.15) is 5.76 Å². The molecule has 0 saturated heterocycles. The van der Waals surface area contributed by atoms with Crippen LogP contribution in [0.1, 0.15) is 41.6 Å². The first-order valence-corrected chi connectivity index (χ1v) is 11.9. The second kappa shape index (κ2) is 11.5. The number of carbonyl (C=O) groups is 3. The maximum Gasteiger partial charge on any atom is 0.255 e. The van der Waals surface area contributed by atoms with Gasteiger partial charge in [-0.1, -0.05) is 35.5 Å². The van der Waals surface area contributed by atoms with E-state index in [-0.39, 0.29) is 29.5 Å².